The predicted molar refractivity (Wildman–Crippen MR) is 95.3 cm³/mol. The zero-order valence-corrected chi connectivity index (χ0v) is 14.1. The number of anilines is 1. The molecular weight excluding hydrogens is 322 g/mol. The summed E-state index contributed by atoms with van der Waals surface area (Å²) in [6.45, 7) is 3.07. The van der Waals surface area contributed by atoms with Gasteiger partial charge in [0.15, 0.2) is 0 Å². The van der Waals surface area contributed by atoms with E-state index in [1.165, 1.54) is 30.6 Å². The van der Waals surface area contributed by atoms with Gasteiger partial charge in [-0.2, -0.15) is 0 Å². The van der Waals surface area contributed by atoms with Crippen molar-refractivity contribution in [3.63, 3.8) is 0 Å². The number of benzene rings is 1. The van der Waals surface area contributed by atoms with Crippen molar-refractivity contribution in [2.45, 2.75) is 25.8 Å². The van der Waals surface area contributed by atoms with Gasteiger partial charge in [0.25, 0.3) is 5.91 Å². The predicted octanol–water partition coefficient (Wildman–Crippen LogP) is 3.26. The van der Waals surface area contributed by atoms with E-state index in [4.69, 9.17) is 0 Å². The van der Waals surface area contributed by atoms with Crippen molar-refractivity contribution < 1.29 is 4.79 Å². The first-order valence-corrected chi connectivity index (χ1v) is 9.03. The van der Waals surface area contributed by atoms with Gasteiger partial charge in [0.05, 0.1) is 6.54 Å². The second kappa shape index (κ2) is 6.70. The van der Waals surface area contributed by atoms with Crippen LogP contribution in [0.2, 0.25) is 0 Å². The average molecular weight is 341 g/mol. The Hall–Kier alpha value is -2.25. The summed E-state index contributed by atoms with van der Waals surface area (Å²) in [4.78, 5) is 17.9. The minimum Gasteiger partial charge on any atom is -0.361 e. The number of aromatic nitrogens is 3. The number of nitrogens with one attached hydrogen (secondary N) is 2. The second-order valence-electron chi connectivity index (χ2n) is 6.07. The van der Waals surface area contributed by atoms with Crippen LogP contribution in [0.4, 0.5) is 5.13 Å². The highest BCUT2D eigenvalue weighted by Crippen LogP contribution is 2.20. The van der Waals surface area contributed by atoms with Crippen LogP contribution in [0, 0.1) is 0 Å². The van der Waals surface area contributed by atoms with Gasteiger partial charge in [0.1, 0.15) is 5.01 Å². The molecule has 0 saturated carbocycles. The lowest BCUT2D eigenvalue weighted by Crippen LogP contribution is -2.28. The molecule has 0 bridgehead atoms. The van der Waals surface area contributed by atoms with Gasteiger partial charge in [-0.05, 0) is 49.5 Å². The molecule has 0 aliphatic carbocycles. The Morgan fingerprint density at radius 3 is 2.96 bits per heavy atom. The number of fused-ring (bicyclic) bond motifs is 1. The number of piperidine rings is 1. The molecule has 1 aromatic carbocycles. The standard InChI is InChI=1S/C17H19N5OS/c23-16(13-5-4-12-6-7-18-14(12)10-13)19-17-21-20-15(24-17)11-22-8-2-1-3-9-22/h4-7,10,18H,1-3,8-9,11H2,(H,19,21,23). The van der Waals surface area contributed by atoms with Crippen LogP contribution in [0.25, 0.3) is 10.9 Å². The average Bonchev–Trinajstić information content (AvgIpc) is 3.24. The fourth-order valence-electron chi connectivity index (χ4n) is 3.04. The first-order valence-electron chi connectivity index (χ1n) is 8.21. The highest BCUT2D eigenvalue weighted by Gasteiger charge is 2.15. The fraction of sp³-hybridized carbons (Fsp3) is 0.353. The van der Waals surface area contributed by atoms with E-state index in [9.17, 15) is 4.79 Å². The van der Waals surface area contributed by atoms with Crippen LogP contribution in [0.3, 0.4) is 0 Å². The molecule has 24 heavy (non-hydrogen) atoms. The molecule has 124 valence electrons. The van der Waals surface area contributed by atoms with Gasteiger partial charge in [-0.15, -0.1) is 10.2 Å². The van der Waals surface area contributed by atoms with E-state index in [-0.39, 0.29) is 5.91 Å². The molecule has 1 fully saturated rings. The zero-order valence-electron chi connectivity index (χ0n) is 13.3. The molecular formula is C17H19N5OS. The first-order chi connectivity index (χ1) is 11.8. The van der Waals surface area contributed by atoms with Gasteiger partial charge in [-0.3, -0.25) is 15.0 Å². The highest BCUT2D eigenvalue weighted by atomic mass is 32.1. The molecule has 1 saturated heterocycles. The molecule has 3 heterocycles. The van der Waals surface area contributed by atoms with E-state index in [1.54, 1.807) is 0 Å². The summed E-state index contributed by atoms with van der Waals surface area (Å²) in [5.74, 6) is -0.160. The number of aromatic amines is 1. The number of hydrogen-bond donors (Lipinski definition) is 2. The maximum Gasteiger partial charge on any atom is 0.257 e. The Labute approximate surface area is 143 Å². The highest BCUT2D eigenvalue weighted by molar-refractivity contribution is 7.15. The molecule has 4 rings (SSSR count). The summed E-state index contributed by atoms with van der Waals surface area (Å²) >= 11 is 1.45. The van der Waals surface area contributed by atoms with Gasteiger partial charge in [-0.1, -0.05) is 23.8 Å². The van der Waals surface area contributed by atoms with E-state index in [0.717, 1.165) is 35.5 Å². The van der Waals surface area contributed by atoms with Crippen molar-refractivity contribution in [3.05, 3.63) is 41.0 Å². The van der Waals surface area contributed by atoms with Crippen molar-refractivity contribution in [2.24, 2.45) is 0 Å². The monoisotopic (exact) mass is 341 g/mol. The van der Waals surface area contributed by atoms with E-state index in [2.05, 4.69) is 25.4 Å². The number of carbonyl (C=O) groups is 1. The summed E-state index contributed by atoms with van der Waals surface area (Å²) in [5.41, 5.74) is 1.56. The Balaban J connectivity index is 1.41. The lowest BCUT2D eigenvalue weighted by Gasteiger charge is -2.24. The summed E-state index contributed by atoms with van der Waals surface area (Å²) in [6, 6.07) is 7.58. The van der Waals surface area contributed by atoms with Gasteiger partial charge in [-0.25, -0.2) is 0 Å². The molecule has 7 heteroatoms. The third-order valence-corrected chi connectivity index (χ3v) is 5.14. The summed E-state index contributed by atoms with van der Waals surface area (Å²) in [5, 5.41) is 13.7. The van der Waals surface area contributed by atoms with Gasteiger partial charge < -0.3 is 4.98 Å². The molecule has 3 aromatic rings. The van der Waals surface area contributed by atoms with Crippen LogP contribution in [0.1, 0.15) is 34.6 Å². The van der Waals surface area contributed by atoms with Crippen LogP contribution < -0.4 is 5.32 Å². The van der Waals surface area contributed by atoms with Gasteiger partial charge >= 0.3 is 0 Å². The molecule has 2 N–H and O–H groups in total. The number of amides is 1. The van der Waals surface area contributed by atoms with Gasteiger partial charge in [0, 0.05) is 17.3 Å². The first kappa shape index (κ1) is 15.3. The van der Waals surface area contributed by atoms with E-state index >= 15 is 0 Å². The molecule has 1 amide bonds. The quantitative estimate of drug-likeness (QED) is 0.764. The fourth-order valence-corrected chi connectivity index (χ4v) is 3.81. The largest absolute Gasteiger partial charge is 0.361 e. The Kier molecular flexibility index (Phi) is 4.27. The van der Waals surface area contributed by atoms with Crippen molar-refractivity contribution in [2.75, 3.05) is 18.4 Å². The minimum absolute atomic E-state index is 0.160. The minimum atomic E-state index is -0.160. The van der Waals surface area contributed by atoms with E-state index in [1.807, 2.05) is 30.5 Å². The molecule has 0 radical (unpaired) electrons. The zero-order chi connectivity index (χ0) is 16.4. The number of carbonyl (C=O) groups excluding carboxylic acids is 1. The lowest BCUT2D eigenvalue weighted by atomic mass is 10.1. The summed E-state index contributed by atoms with van der Waals surface area (Å²) in [7, 11) is 0. The Bertz CT molecular complexity index is 849. The number of nitrogens with zero attached hydrogens (tertiary/aromatic N) is 3. The summed E-state index contributed by atoms with van der Waals surface area (Å²) < 4.78 is 0. The second-order valence-corrected chi connectivity index (χ2v) is 7.13. The molecule has 2 aromatic heterocycles. The lowest BCUT2D eigenvalue weighted by molar-refractivity contribution is 0.102. The number of rotatable bonds is 4. The van der Waals surface area contributed by atoms with Crippen LogP contribution in [0.15, 0.2) is 30.5 Å². The normalized spacial score (nSPS) is 15.7. The van der Waals surface area contributed by atoms with E-state index < -0.39 is 0 Å². The number of H-pyrrole nitrogens is 1. The van der Waals surface area contributed by atoms with Crippen LogP contribution >= 0.6 is 11.3 Å². The number of likely N-dealkylation sites (tertiary alicyclic amines) is 1. The third kappa shape index (κ3) is 3.32. The van der Waals surface area contributed by atoms with Crippen molar-refractivity contribution in [1.82, 2.24) is 20.1 Å². The Morgan fingerprint density at radius 1 is 1.21 bits per heavy atom. The van der Waals surface area contributed by atoms with Crippen LogP contribution in [-0.4, -0.2) is 39.1 Å². The van der Waals surface area contributed by atoms with Crippen molar-refractivity contribution in [3.8, 4) is 0 Å². The number of hydrogen-bond acceptors (Lipinski definition) is 5. The molecule has 1 aliphatic heterocycles. The van der Waals surface area contributed by atoms with Gasteiger partial charge in [0.2, 0.25) is 5.13 Å². The molecule has 1 aliphatic rings. The van der Waals surface area contributed by atoms with Crippen LogP contribution in [0.5, 0.6) is 0 Å². The molecule has 0 atom stereocenters. The maximum atomic E-state index is 12.4. The topological polar surface area (TPSA) is 73.9 Å². The summed E-state index contributed by atoms with van der Waals surface area (Å²) in [6.07, 6.45) is 5.69. The smallest absolute Gasteiger partial charge is 0.257 e. The Morgan fingerprint density at radius 2 is 2.08 bits per heavy atom. The van der Waals surface area contributed by atoms with Crippen molar-refractivity contribution in [1.29, 1.82) is 0 Å². The SMILES string of the molecule is O=C(Nc1nnc(CN2CCCCC2)s1)c1ccc2cc[nH]c2c1. The van der Waals surface area contributed by atoms with Crippen molar-refractivity contribution >= 4 is 33.3 Å². The third-order valence-electron chi connectivity index (χ3n) is 4.31. The maximum absolute atomic E-state index is 12.4. The van der Waals surface area contributed by atoms with Crippen LogP contribution in [-0.2, 0) is 6.54 Å². The van der Waals surface area contributed by atoms with E-state index in [0.29, 0.717) is 10.7 Å². The molecule has 6 nitrogen and oxygen atoms in total. The molecule has 0 spiro atoms. The molecule has 0 unspecified atom stereocenters.